The minimum atomic E-state index is -1.23. The maximum absolute atomic E-state index is 13.4. The second-order valence-electron chi connectivity index (χ2n) is 7.34. The molecule has 3 heterocycles. The van der Waals surface area contributed by atoms with Crippen molar-refractivity contribution in [2.75, 3.05) is 37.9 Å². The average Bonchev–Trinajstić information content (AvgIpc) is 3.15. The van der Waals surface area contributed by atoms with Crippen LogP contribution in [-0.2, 0) is 24.8 Å². The van der Waals surface area contributed by atoms with Gasteiger partial charge < -0.3 is 14.2 Å². The number of nitrogens with zero attached hydrogens (tertiary/aromatic N) is 2. The lowest BCUT2D eigenvalue weighted by Gasteiger charge is -2.31. The van der Waals surface area contributed by atoms with Crippen LogP contribution in [0.2, 0.25) is 0 Å². The molecule has 3 fully saturated rings. The Morgan fingerprint density at radius 2 is 1.72 bits per heavy atom. The van der Waals surface area contributed by atoms with Crippen molar-refractivity contribution in [3.05, 3.63) is 29.8 Å². The molecule has 0 bridgehead atoms. The summed E-state index contributed by atoms with van der Waals surface area (Å²) < 4.78 is 18.1. The second kappa shape index (κ2) is 6.06. The Kier molecular flexibility index (Phi) is 3.82. The van der Waals surface area contributed by atoms with Gasteiger partial charge in [0, 0.05) is 18.7 Å². The highest BCUT2D eigenvalue weighted by Crippen LogP contribution is 2.51. The van der Waals surface area contributed by atoms with E-state index in [0.717, 1.165) is 50.0 Å². The van der Waals surface area contributed by atoms with Crippen LogP contribution in [0.25, 0.3) is 0 Å². The Morgan fingerprint density at radius 1 is 1.04 bits per heavy atom. The number of hydrogen-bond acceptors (Lipinski definition) is 5. The topological polar surface area (TPSA) is 51.2 Å². The molecule has 5 rings (SSSR count). The number of carbonyl (C=O) groups is 1. The van der Waals surface area contributed by atoms with Crippen LogP contribution in [0.15, 0.2) is 24.3 Å². The van der Waals surface area contributed by atoms with Gasteiger partial charge in [0.25, 0.3) is 11.7 Å². The number of carbonyl (C=O) groups excluding carboxylic acids is 1. The molecule has 1 spiro atoms. The van der Waals surface area contributed by atoms with E-state index in [1.165, 1.54) is 0 Å². The first-order valence-corrected chi connectivity index (χ1v) is 9.35. The van der Waals surface area contributed by atoms with E-state index < -0.39 is 5.79 Å². The lowest BCUT2D eigenvalue weighted by Crippen LogP contribution is -2.49. The van der Waals surface area contributed by atoms with E-state index in [1.807, 2.05) is 29.2 Å². The molecule has 1 aromatic rings. The quantitative estimate of drug-likeness (QED) is 0.819. The van der Waals surface area contributed by atoms with Crippen molar-refractivity contribution in [1.29, 1.82) is 0 Å². The van der Waals surface area contributed by atoms with Crippen molar-refractivity contribution >= 4 is 11.6 Å². The number of para-hydroxylation sites is 1. The molecule has 134 valence electrons. The number of fused-ring (bicyclic) bond motifs is 3. The number of ether oxygens (including phenoxy) is 3. The van der Waals surface area contributed by atoms with E-state index in [-0.39, 0.29) is 18.1 Å². The predicted octanol–water partition coefficient (Wildman–Crippen LogP) is 1.83. The van der Waals surface area contributed by atoms with Gasteiger partial charge in [0.05, 0.1) is 37.8 Å². The fourth-order valence-electron chi connectivity index (χ4n) is 4.49. The van der Waals surface area contributed by atoms with Gasteiger partial charge in [0.2, 0.25) is 0 Å². The standard InChI is InChI=1S/C19H24N2O4/c22-18-19(24-16-7-3-4-8-17(16)25-19)14-5-1-2-6-15(14)21(18)13-20-9-11-23-12-10-20/h1-2,5-6,16-17H,3-4,7-13H2/t16-,17-/m1/s1. The Hall–Kier alpha value is -1.47. The number of amides is 1. The zero-order valence-electron chi connectivity index (χ0n) is 14.4. The molecule has 2 saturated heterocycles. The van der Waals surface area contributed by atoms with Gasteiger partial charge in [-0.2, -0.15) is 0 Å². The van der Waals surface area contributed by atoms with Crippen LogP contribution in [0.5, 0.6) is 0 Å². The summed E-state index contributed by atoms with van der Waals surface area (Å²) in [5.41, 5.74) is 1.78. The first-order chi connectivity index (χ1) is 12.3. The van der Waals surface area contributed by atoms with Gasteiger partial charge in [-0.15, -0.1) is 0 Å². The molecule has 25 heavy (non-hydrogen) atoms. The van der Waals surface area contributed by atoms with E-state index in [4.69, 9.17) is 14.2 Å². The summed E-state index contributed by atoms with van der Waals surface area (Å²) in [5.74, 6) is -1.31. The number of rotatable bonds is 2. The van der Waals surface area contributed by atoms with Crippen molar-refractivity contribution in [3.8, 4) is 0 Å². The molecule has 0 unspecified atom stereocenters. The second-order valence-corrected chi connectivity index (χ2v) is 7.34. The molecule has 6 nitrogen and oxygen atoms in total. The summed E-state index contributed by atoms with van der Waals surface area (Å²) in [6.45, 7) is 3.67. The fraction of sp³-hybridized carbons (Fsp3) is 0.632. The van der Waals surface area contributed by atoms with Crippen molar-refractivity contribution in [2.24, 2.45) is 0 Å². The van der Waals surface area contributed by atoms with Crippen molar-refractivity contribution in [1.82, 2.24) is 4.90 Å². The molecule has 4 aliphatic rings. The lowest BCUT2D eigenvalue weighted by atomic mass is 9.95. The first-order valence-electron chi connectivity index (χ1n) is 9.35. The van der Waals surface area contributed by atoms with Gasteiger partial charge in [0.15, 0.2) is 0 Å². The first kappa shape index (κ1) is 15.8. The third-order valence-electron chi connectivity index (χ3n) is 5.80. The Morgan fingerprint density at radius 3 is 2.44 bits per heavy atom. The van der Waals surface area contributed by atoms with Gasteiger partial charge >= 0.3 is 0 Å². The zero-order valence-corrected chi connectivity index (χ0v) is 14.4. The lowest BCUT2D eigenvalue weighted by molar-refractivity contribution is -0.190. The third kappa shape index (κ3) is 2.43. The maximum atomic E-state index is 13.4. The zero-order chi connectivity index (χ0) is 16.9. The normalized spacial score (nSPS) is 31.4. The molecule has 0 N–H and O–H groups in total. The number of morpholine rings is 1. The molecule has 0 radical (unpaired) electrons. The smallest absolute Gasteiger partial charge is 0.293 e. The molecule has 1 aliphatic carbocycles. The van der Waals surface area contributed by atoms with E-state index >= 15 is 0 Å². The minimum Gasteiger partial charge on any atom is -0.379 e. The summed E-state index contributed by atoms with van der Waals surface area (Å²) in [6, 6.07) is 7.90. The fourth-order valence-corrected chi connectivity index (χ4v) is 4.49. The molecule has 1 saturated carbocycles. The molecule has 1 aromatic carbocycles. The van der Waals surface area contributed by atoms with Gasteiger partial charge in [-0.3, -0.25) is 14.6 Å². The van der Waals surface area contributed by atoms with E-state index in [1.54, 1.807) is 0 Å². The van der Waals surface area contributed by atoms with Crippen LogP contribution in [0.1, 0.15) is 31.2 Å². The Labute approximate surface area is 147 Å². The monoisotopic (exact) mass is 344 g/mol. The molecule has 0 aromatic heterocycles. The van der Waals surface area contributed by atoms with Gasteiger partial charge in [-0.1, -0.05) is 31.0 Å². The summed E-state index contributed by atoms with van der Waals surface area (Å²) in [7, 11) is 0. The number of hydrogen-bond donors (Lipinski definition) is 0. The van der Waals surface area contributed by atoms with Gasteiger partial charge in [-0.05, 0) is 18.9 Å². The van der Waals surface area contributed by atoms with Crippen LogP contribution in [0.4, 0.5) is 5.69 Å². The highest BCUT2D eigenvalue weighted by atomic mass is 16.8. The third-order valence-corrected chi connectivity index (χ3v) is 5.80. The summed E-state index contributed by atoms with van der Waals surface area (Å²) in [6.07, 6.45) is 4.32. The van der Waals surface area contributed by atoms with Crippen LogP contribution in [0.3, 0.4) is 0 Å². The van der Waals surface area contributed by atoms with Gasteiger partial charge in [-0.25, -0.2) is 0 Å². The van der Waals surface area contributed by atoms with Gasteiger partial charge in [0.1, 0.15) is 0 Å². The van der Waals surface area contributed by atoms with E-state index in [0.29, 0.717) is 19.9 Å². The van der Waals surface area contributed by atoms with Crippen LogP contribution in [-0.4, -0.2) is 56.0 Å². The molecule has 6 heteroatoms. The highest BCUT2D eigenvalue weighted by molar-refractivity contribution is 6.06. The molecular weight excluding hydrogens is 320 g/mol. The molecule has 1 amide bonds. The van der Waals surface area contributed by atoms with Crippen LogP contribution >= 0.6 is 0 Å². The summed E-state index contributed by atoms with van der Waals surface area (Å²) >= 11 is 0. The van der Waals surface area contributed by atoms with E-state index in [9.17, 15) is 4.79 Å². The number of benzene rings is 1. The molecule has 3 aliphatic heterocycles. The van der Waals surface area contributed by atoms with Crippen molar-refractivity contribution in [3.63, 3.8) is 0 Å². The number of anilines is 1. The molecular formula is C19H24N2O4. The van der Waals surface area contributed by atoms with Crippen LogP contribution < -0.4 is 4.90 Å². The molecule has 2 atom stereocenters. The largest absolute Gasteiger partial charge is 0.379 e. The highest BCUT2D eigenvalue weighted by Gasteiger charge is 2.61. The van der Waals surface area contributed by atoms with Crippen LogP contribution in [0, 0.1) is 0 Å². The maximum Gasteiger partial charge on any atom is 0.293 e. The van der Waals surface area contributed by atoms with E-state index in [2.05, 4.69) is 4.90 Å². The Bertz CT molecular complexity index is 659. The summed E-state index contributed by atoms with van der Waals surface area (Å²) in [4.78, 5) is 17.5. The van der Waals surface area contributed by atoms with Crippen molar-refractivity contribution in [2.45, 2.75) is 43.7 Å². The average molecular weight is 344 g/mol. The summed E-state index contributed by atoms with van der Waals surface area (Å²) in [5, 5.41) is 0. The Balaban J connectivity index is 1.48. The minimum absolute atomic E-state index is 0.0362. The predicted molar refractivity (Wildman–Crippen MR) is 91.1 cm³/mol. The SMILES string of the molecule is O=C1N(CN2CCOCC2)c2ccccc2C12O[C@@H]1CCCC[C@H]1O2. The van der Waals surface area contributed by atoms with Crippen molar-refractivity contribution < 1.29 is 19.0 Å².